The molecule has 27 heavy (non-hydrogen) atoms. The molecule has 144 valence electrons. The van der Waals surface area contributed by atoms with Crippen LogP contribution in [0.15, 0.2) is 16.7 Å². The van der Waals surface area contributed by atoms with E-state index in [2.05, 4.69) is 5.16 Å². The Balaban J connectivity index is 2.00. The van der Waals surface area contributed by atoms with Crippen molar-refractivity contribution in [2.24, 2.45) is 0 Å². The minimum Gasteiger partial charge on any atom is -0.496 e. The van der Waals surface area contributed by atoms with Crippen LogP contribution in [0.5, 0.6) is 11.5 Å². The highest BCUT2D eigenvalue weighted by Crippen LogP contribution is 2.37. The largest absolute Gasteiger partial charge is 0.496 e. The van der Waals surface area contributed by atoms with Crippen molar-refractivity contribution in [1.29, 1.82) is 0 Å². The molecule has 0 saturated carbocycles. The molecule has 0 atom stereocenters. The zero-order chi connectivity index (χ0) is 19.7. The maximum absolute atomic E-state index is 13.3. The van der Waals surface area contributed by atoms with E-state index in [4.69, 9.17) is 25.6 Å². The number of benzene rings is 1. The monoisotopic (exact) mass is 393 g/mol. The first kappa shape index (κ1) is 19.0. The maximum Gasteiger partial charge on any atom is 0.280 e. The summed E-state index contributed by atoms with van der Waals surface area (Å²) in [6.07, 6.45) is 0.645. The van der Waals surface area contributed by atoms with E-state index in [1.54, 1.807) is 26.0 Å². The van der Waals surface area contributed by atoms with Crippen molar-refractivity contribution in [2.75, 3.05) is 27.3 Å². The first-order valence-corrected chi connectivity index (χ1v) is 8.75. The summed E-state index contributed by atoms with van der Waals surface area (Å²) in [6, 6.07) is 3.18. The molecule has 0 N–H and O–H groups in total. The zero-order valence-corrected chi connectivity index (χ0v) is 16.3. The number of methoxy groups -OCH3 is 2. The van der Waals surface area contributed by atoms with Crippen LogP contribution in [0.2, 0.25) is 5.02 Å². The van der Waals surface area contributed by atoms with Gasteiger partial charge < -0.3 is 14.0 Å². The van der Waals surface area contributed by atoms with Gasteiger partial charge in [0, 0.05) is 13.1 Å². The molecule has 2 aromatic rings. The van der Waals surface area contributed by atoms with Gasteiger partial charge in [-0.25, -0.2) is 10.0 Å². The van der Waals surface area contributed by atoms with E-state index < -0.39 is 5.91 Å². The van der Waals surface area contributed by atoms with Gasteiger partial charge >= 0.3 is 0 Å². The van der Waals surface area contributed by atoms with Gasteiger partial charge in [-0.1, -0.05) is 16.8 Å². The van der Waals surface area contributed by atoms with Gasteiger partial charge in [0.2, 0.25) is 0 Å². The van der Waals surface area contributed by atoms with E-state index in [9.17, 15) is 9.59 Å². The third kappa shape index (κ3) is 3.21. The molecular formula is C18H20ClN3O5. The van der Waals surface area contributed by atoms with Gasteiger partial charge in [0.1, 0.15) is 22.6 Å². The standard InChI is InChI=1S/C18H20ClN3O5/c1-10-14(11(2)27-20-10)17(23)21-8-5-9-22(21)18(24)15-13(25-3)7-6-12(19)16(15)26-4/h6-7H,5,8-9H2,1-4H3. The number of hydrogen-bond donors (Lipinski definition) is 0. The Morgan fingerprint density at radius 1 is 1.07 bits per heavy atom. The fraction of sp³-hybridized carbons (Fsp3) is 0.389. The van der Waals surface area contributed by atoms with Crippen LogP contribution in [0.25, 0.3) is 0 Å². The van der Waals surface area contributed by atoms with Crippen LogP contribution in [-0.2, 0) is 0 Å². The molecule has 1 saturated heterocycles. The van der Waals surface area contributed by atoms with Crippen LogP contribution in [0.3, 0.4) is 0 Å². The lowest BCUT2D eigenvalue weighted by Gasteiger charge is -2.29. The van der Waals surface area contributed by atoms with Crippen molar-refractivity contribution in [3.05, 3.63) is 39.7 Å². The van der Waals surface area contributed by atoms with Gasteiger partial charge in [0.25, 0.3) is 11.8 Å². The Labute approximate surface area is 161 Å². The minimum atomic E-state index is -0.427. The van der Waals surface area contributed by atoms with Crippen molar-refractivity contribution in [3.63, 3.8) is 0 Å². The average Bonchev–Trinajstić information content (AvgIpc) is 3.27. The molecule has 0 aliphatic carbocycles. The van der Waals surface area contributed by atoms with Crippen LogP contribution < -0.4 is 9.47 Å². The molecule has 3 rings (SSSR count). The number of halogens is 1. The Kier molecular flexibility index (Phi) is 5.27. The van der Waals surface area contributed by atoms with Gasteiger partial charge in [0.15, 0.2) is 5.75 Å². The first-order valence-electron chi connectivity index (χ1n) is 8.37. The summed E-state index contributed by atoms with van der Waals surface area (Å²) >= 11 is 6.18. The second-order valence-electron chi connectivity index (χ2n) is 6.07. The van der Waals surface area contributed by atoms with Crippen molar-refractivity contribution in [1.82, 2.24) is 15.2 Å². The third-order valence-corrected chi connectivity index (χ3v) is 4.75. The van der Waals surface area contributed by atoms with Crippen LogP contribution in [0.4, 0.5) is 0 Å². The van der Waals surface area contributed by atoms with E-state index in [1.807, 2.05) is 0 Å². The highest BCUT2D eigenvalue weighted by atomic mass is 35.5. The number of carbonyl (C=O) groups is 2. The Hall–Kier alpha value is -2.74. The molecule has 1 aromatic heterocycles. The lowest BCUT2D eigenvalue weighted by Crippen LogP contribution is -2.45. The van der Waals surface area contributed by atoms with E-state index in [-0.39, 0.29) is 22.2 Å². The Morgan fingerprint density at radius 3 is 2.22 bits per heavy atom. The number of amides is 2. The second kappa shape index (κ2) is 7.48. The van der Waals surface area contributed by atoms with E-state index >= 15 is 0 Å². The average molecular weight is 394 g/mol. The molecule has 0 unspecified atom stereocenters. The van der Waals surface area contributed by atoms with E-state index in [0.717, 1.165) is 0 Å². The fourth-order valence-electron chi connectivity index (χ4n) is 3.19. The van der Waals surface area contributed by atoms with E-state index in [1.165, 1.54) is 24.2 Å². The summed E-state index contributed by atoms with van der Waals surface area (Å²) in [5.74, 6) is 0.172. The zero-order valence-electron chi connectivity index (χ0n) is 15.5. The van der Waals surface area contributed by atoms with Crippen molar-refractivity contribution < 1.29 is 23.6 Å². The molecule has 0 radical (unpaired) electrons. The summed E-state index contributed by atoms with van der Waals surface area (Å²) in [5.41, 5.74) is 1.01. The molecular weight excluding hydrogens is 374 g/mol. The SMILES string of the molecule is COc1ccc(Cl)c(OC)c1C(=O)N1CCCN1C(=O)c1c(C)noc1C. The van der Waals surface area contributed by atoms with Crippen LogP contribution in [0.1, 0.15) is 38.6 Å². The predicted octanol–water partition coefficient (Wildman–Crippen LogP) is 2.87. The van der Waals surface area contributed by atoms with Crippen LogP contribution in [0, 0.1) is 13.8 Å². The summed E-state index contributed by atoms with van der Waals surface area (Å²) in [4.78, 5) is 26.3. The highest BCUT2D eigenvalue weighted by molar-refractivity contribution is 6.32. The molecule has 2 heterocycles. The minimum absolute atomic E-state index is 0.172. The smallest absolute Gasteiger partial charge is 0.280 e. The first-order chi connectivity index (χ1) is 12.9. The van der Waals surface area contributed by atoms with Gasteiger partial charge in [-0.3, -0.25) is 9.59 Å². The number of ether oxygens (including phenoxy) is 2. The molecule has 2 amide bonds. The van der Waals surface area contributed by atoms with Crippen molar-refractivity contribution in [2.45, 2.75) is 20.3 Å². The molecule has 8 nitrogen and oxygen atoms in total. The highest BCUT2D eigenvalue weighted by Gasteiger charge is 2.37. The van der Waals surface area contributed by atoms with Gasteiger partial charge in [-0.15, -0.1) is 0 Å². The van der Waals surface area contributed by atoms with Gasteiger partial charge in [-0.2, -0.15) is 0 Å². The molecule has 0 spiro atoms. The number of aromatic nitrogens is 1. The molecule has 9 heteroatoms. The van der Waals surface area contributed by atoms with Crippen LogP contribution in [-0.4, -0.2) is 54.3 Å². The lowest BCUT2D eigenvalue weighted by molar-refractivity contribution is 0.0180. The number of carbonyl (C=O) groups excluding carboxylic acids is 2. The molecule has 1 aromatic carbocycles. The maximum atomic E-state index is 13.3. The second-order valence-corrected chi connectivity index (χ2v) is 6.47. The normalized spacial score (nSPS) is 13.8. The molecule has 1 aliphatic heterocycles. The number of aryl methyl sites for hydroxylation is 2. The number of hydrazine groups is 1. The summed E-state index contributed by atoms with van der Waals surface area (Å²) < 4.78 is 15.7. The number of nitrogens with zero attached hydrogens (tertiary/aromatic N) is 3. The summed E-state index contributed by atoms with van der Waals surface area (Å²) in [5, 5.41) is 6.88. The Bertz CT molecular complexity index is 876. The third-order valence-electron chi connectivity index (χ3n) is 4.46. The predicted molar refractivity (Wildman–Crippen MR) is 97.2 cm³/mol. The van der Waals surface area contributed by atoms with Gasteiger partial charge in [0.05, 0.1) is 24.9 Å². The summed E-state index contributed by atoms with van der Waals surface area (Å²) in [6.45, 7) is 4.14. The fourth-order valence-corrected chi connectivity index (χ4v) is 3.43. The number of rotatable bonds is 4. The number of hydrogen-bond acceptors (Lipinski definition) is 6. The van der Waals surface area contributed by atoms with Crippen molar-refractivity contribution >= 4 is 23.4 Å². The molecule has 0 bridgehead atoms. The lowest BCUT2D eigenvalue weighted by atomic mass is 10.1. The topological polar surface area (TPSA) is 85.1 Å². The quantitative estimate of drug-likeness (QED) is 0.794. The molecule has 1 fully saturated rings. The summed E-state index contributed by atoms with van der Waals surface area (Å²) in [7, 11) is 2.88. The van der Waals surface area contributed by atoms with Gasteiger partial charge in [-0.05, 0) is 32.4 Å². The molecule has 1 aliphatic rings. The van der Waals surface area contributed by atoms with Crippen LogP contribution >= 0.6 is 11.6 Å². The van der Waals surface area contributed by atoms with E-state index in [0.29, 0.717) is 42.3 Å². The Morgan fingerprint density at radius 2 is 1.70 bits per heavy atom. The van der Waals surface area contributed by atoms with Crippen molar-refractivity contribution in [3.8, 4) is 11.5 Å².